The quantitative estimate of drug-likeness (QED) is 0.345. The number of aromatic nitrogens is 5. The maximum absolute atomic E-state index is 13.8. The Morgan fingerprint density at radius 2 is 2.09 bits per heavy atom. The van der Waals surface area contributed by atoms with E-state index >= 15 is 0 Å². The van der Waals surface area contributed by atoms with Crippen LogP contribution in [0.2, 0.25) is 0 Å². The summed E-state index contributed by atoms with van der Waals surface area (Å²) in [4.78, 5) is 16.6. The predicted molar refractivity (Wildman–Crippen MR) is 132 cm³/mol. The van der Waals surface area contributed by atoms with Crippen molar-refractivity contribution in [3.05, 3.63) is 89.0 Å². The first-order valence-electron chi connectivity index (χ1n) is 10.4. The number of hydrogen-bond donors (Lipinski definition) is 2. The zero-order chi connectivity index (χ0) is 23.4. The molecule has 0 spiro atoms. The Morgan fingerprint density at radius 3 is 2.85 bits per heavy atom. The molecule has 6 nitrogen and oxygen atoms in total. The number of hydrogen-bond acceptors (Lipinski definition) is 4. The Morgan fingerprint density at radius 1 is 1.24 bits per heavy atom. The number of benzene rings is 1. The molecule has 3 aromatic heterocycles. The highest BCUT2D eigenvalue weighted by atomic mass is 19.1. The lowest BCUT2D eigenvalue weighted by molar-refractivity contribution is 0.628. The van der Waals surface area contributed by atoms with Gasteiger partial charge in [0.25, 0.3) is 0 Å². The molecule has 33 heavy (non-hydrogen) atoms. The molecule has 7 heteroatoms. The Balaban J connectivity index is 1.74. The first kappa shape index (κ1) is 21.8. The fourth-order valence-electron chi connectivity index (χ4n) is 3.46. The molecule has 0 aliphatic heterocycles. The topological polar surface area (TPSA) is 82.6 Å². The number of nitrogens with zero attached hydrogens (tertiary/aromatic N) is 4. The summed E-state index contributed by atoms with van der Waals surface area (Å²) in [5.74, 6) is 0.233. The first-order chi connectivity index (χ1) is 16.0. The summed E-state index contributed by atoms with van der Waals surface area (Å²) in [6.45, 7) is 11.7. The van der Waals surface area contributed by atoms with E-state index in [1.165, 1.54) is 12.1 Å². The molecule has 0 aliphatic rings. The van der Waals surface area contributed by atoms with E-state index in [2.05, 4.69) is 43.3 Å². The van der Waals surface area contributed by atoms with Crippen LogP contribution in [0.15, 0.2) is 77.6 Å². The SMILES string of the molecule is C=CC=NC(=C\C)/C(C)=C/C=c1/[nH]nc(-c2nc3nccc(-c4cccc(F)c4)c3[nH]2)c1=C. The minimum absolute atomic E-state index is 0.302. The number of imidazole rings is 1. The van der Waals surface area contributed by atoms with Crippen molar-refractivity contribution in [3.8, 4) is 22.6 Å². The van der Waals surface area contributed by atoms with Crippen molar-refractivity contribution in [3.63, 3.8) is 0 Å². The van der Waals surface area contributed by atoms with Gasteiger partial charge < -0.3 is 4.98 Å². The number of H-pyrrole nitrogens is 2. The number of pyridine rings is 1. The molecule has 0 aliphatic carbocycles. The van der Waals surface area contributed by atoms with E-state index in [1.54, 1.807) is 24.6 Å². The average molecular weight is 439 g/mol. The number of fused-ring (bicyclic) bond motifs is 1. The number of aliphatic imine (C=N–C) groups is 1. The largest absolute Gasteiger partial charge is 0.335 e. The Bertz CT molecular complexity index is 1530. The molecule has 2 N–H and O–H groups in total. The van der Waals surface area contributed by atoms with Gasteiger partial charge in [-0.1, -0.05) is 43.5 Å². The number of aromatic amines is 2. The van der Waals surface area contributed by atoms with Gasteiger partial charge in [0.15, 0.2) is 11.5 Å². The van der Waals surface area contributed by atoms with Gasteiger partial charge >= 0.3 is 0 Å². The van der Waals surface area contributed by atoms with Crippen LogP contribution in [0.1, 0.15) is 13.8 Å². The molecule has 3 heterocycles. The summed E-state index contributed by atoms with van der Waals surface area (Å²) in [7, 11) is 0. The smallest absolute Gasteiger partial charge is 0.178 e. The zero-order valence-corrected chi connectivity index (χ0v) is 18.4. The molecule has 4 rings (SSSR count). The molecule has 164 valence electrons. The molecule has 0 bridgehead atoms. The molecule has 0 unspecified atom stereocenters. The molecule has 0 saturated carbocycles. The van der Waals surface area contributed by atoms with E-state index < -0.39 is 0 Å². The van der Waals surface area contributed by atoms with Gasteiger partial charge in [0.1, 0.15) is 11.5 Å². The van der Waals surface area contributed by atoms with Crippen LogP contribution in [0.25, 0.3) is 46.5 Å². The van der Waals surface area contributed by atoms with Gasteiger partial charge in [-0.2, -0.15) is 5.10 Å². The van der Waals surface area contributed by atoms with Gasteiger partial charge in [0, 0.05) is 23.2 Å². The molecule has 0 radical (unpaired) electrons. The van der Waals surface area contributed by atoms with Crippen molar-refractivity contribution in [1.29, 1.82) is 0 Å². The van der Waals surface area contributed by atoms with E-state index in [0.29, 0.717) is 27.9 Å². The van der Waals surface area contributed by atoms with Crippen molar-refractivity contribution in [2.45, 2.75) is 13.8 Å². The Hall–Kier alpha value is -4.39. The number of allylic oxidation sites excluding steroid dienone is 4. The normalized spacial score (nSPS) is 13.4. The van der Waals surface area contributed by atoms with E-state index in [-0.39, 0.29) is 5.82 Å². The highest BCUT2D eigenvalue weighted by molar-refractivity contribution is 5.91. The minimum atomic E-state index is -0.302. The second-order valence-corrected chi connectivity index (χ2v) is 7.32. The third-order valence-electron chi connectivity index (χ3n) is 5.15. The second kappa shape index (κ2) is 9.40. The summed E-state index contributed by atoms with van der Waals surface area (Å²) < 4.78 is 13.8. The maximum atomic E-state index is 13.8. The van der Waals surface area contributed by atoms with Crippen molar-refractivity contribution < 1.29 is 4.39 Å². The van der Waals surface area contributed by atoms with Gasteiger partial charge in [0.2, 0.25) is 0 Å². The van der Waals surface area contributed by atoms with Crippen LogP contribution in [0, 0.1) is 5.82 Å². The van der Waals surface area contributed by atoms with Crippen LogP contribution in [0.4, 0.5) is 4.39 Å². The van der Waals surface area contributed by atoms with E-state index in [4.69, 9.17) is 0 Å². The molecule has 4 aromatic rings. The lowest BCUT2D eigenvalue weighted by Crippen LogP contribution is -2.21. The van der Waals surface area contributed by atoms with Crippen LogP contribution in [-0.2, 0) is 0 Å². The lowest BCUT2D eigenvalue weighted by atomic mass is 10.1. The van der Waals surface area contributed by atoms with Crippen LogP contribution in [0.5, 0.6) is 0 Å². The molecular weight excluding hydrogens is 415 g/mol. The van der Waals surface area contributed by atoms with Crippen LogP contribution >= 0.6 is 0 Å². The predicted octanol–water partition coefficient (Wildman–Crippen LogP) is 4.45. The fourth-order valence-corrected chi connectivity index (χ4v) is 3.46. The molecule has 0 amide bonds. The van der Waals surface area contributed by atoms with Gasteiger partial charge in [-0.3, -0.25) is 10.1 Å². The van der Waals surface area contributed by atoms with Crippen molar-refractivity contribution in [2.75, 3.05) is 0 Å². The minimum Gasteiger partial charge on any atom is -0.335 e. The van der Waals surface area contributed by atoms with Gasteiger partial charge in [-0.25, -0.2) is 14.4 Å². The standard InChI is InChI=1S/C26H23FN6/c1-5-13-28-21(6-2)16(3)10-11-22-17(4)23(33-32-22)26-30-24-20(12-14-29-25(24)31-26)18-8-7-9-19(27)15-18/h5-15,32H,1,4H2,2-3H3,(H,29,30,31)/b16-10+,21-6-,22-11+,28-13?. The zero-order valence-electron chi connectivity index (χ0n) is 18.4. The summed E-state index contributed by atoms with van der Waals surface area (Å²) in [6.07, 6.45) is 10.7. The number of rotatable bonds is 6. The summed E-state index contributed by atoms with van der Waals surface area (Å²) in [6, 6.07) is 8.25. The van der Waals surface area contributed by atoms with E-state index in [9.17, 15) is 4.39 Å². The molecule has 1 aromatic carbocycles. The third kappa shape index (κ3) is 4.48. The van der Waals surface area contributed by atoms with Crippen molar-refractivity contribution >= 4 is 30.0 Å². The monoisotopic (exact) mass is 438 g/mol. The maximum Gasteiger partial charge on any atom is 0.178 e. The summed E-state index contributed by atoms with van der Waals surface area (Å²) >= 11 is 0. The van der Waals surface area contributed by atoms with Crippen molar-refractivity contribution in [2.24, 2.45) is 4.99 Å². The molecular formula is C26H23FN6. The highest BCUT2D eigenvalue weighted by Gasteiger charge is 2.14. The van der Waals surface area contributed by atoms with E-state index in [0.717, 1.165) is 27.7 Å². The molecule has 0 fully saturated rings. The molecule has 0 atom stereocenters. The summed E-state index contributed by atoms with van der Waals surface area (Å²) in [5.41, 5.74) is 5.20. The average Bonchev–Trinajstić information content (AvgIpc) is 3.41. The number of halogens is 1. The van der Waals surface area contributed by atoms with Gasteiger partial charge in [-0.05, 0) is 49.3 Å². The Kier molecular flexibility index (Phi) is 6.22. The van der Waals surface area contributed by atoms with E-state index in [1.807, 2.05) is 44.2 Å². The van der Waals surface area contributed by atoms with Gasteiger partial charge in [-0.15, -0.1) is 0 Å². The van der Waals surface area contributed by atoms with Crippen LogP contribution in [0.3, 0.4) is 0 Å². The van der Waals surface area contributed by atoms with Crippen LogP contribution < -0.4 is 10.6 Å². The first-order valence-corrected chi connectivity index (χ1v) is 10.4. The lowest BCUT2D eigenvalue weighted by Gasteiger charge is -2.02. The third-order valence-corrected chi connectivity index (χ3v) is 5.15. The highest BCUT2D eigenvalue weighted by Crippen LogP contribution is 2.27. The second-order valence-electron chi connectivity index (χ2n) is 7.32. The Labute approximate surface area is 190 Å². The van der Waals surface area contributed by atoms with Crippen molar-refractivity contribution in [1.82, 2.24) is 25.1 Å². The van der Waals surface area contributed by atoms with Gasteiger partial charge in [0.05, 0.1) is 16.6 Å². The fraction of sp³-hybridized carbons (Fsp3) is 0.0769. The number of nitrogens with one attached hydrogen (secondary N) is 2. The summed E-state index contributed by atoms with van der Waals surface area (Å²) in [5, 5.41) is 8.86. The van der Waals surface area contributed by atoms with Crippen LogP contribution in [-0.4, -0.2) is 31.4 Å². The molecule has 0 saturated heterocycles.